The van der Waals surface area contributed by atoms with E-state index in [1.54, 1.807) is 12.2 Å². The quantitative estimate of drug-likeness (QED) is 0.0370. The summed E-state index contributed by atoms with van der Waals surface area (Å²) in [5.41, 5.74) is -3.07. The molecule has 0 radical (unpaired) electrons. The van der Waals surface area contributed by atoms with Crippen LogP contribution in [0.25, 0.3) is 0 Å². The zero-order valence-electron chi connectivity index (χ0n) is 47.5. The number of allylic oxidation sites excluding steroid dienone is 5. The molecular formula is C58H90O21. The van der Waals surface area contributed by atoms with Gasteiger partial charge in [-0.25, -0.2) is 4.79 Å². The fourth-order valence-electron chi connectivity index (χ4n) is 16.2. The molecule has 0 spiro atoms. The van der Waals surface area contributed by atoms with Crippen molar-refractivity contribution in [3.05, 3.63) is 36.0 Å². The molecule has 0 amide bonds. The first-order valence-corrected chi connectivity index (χ1v) is 28.5. The minimum Gasteiger partial charge on any atom is -0.481 e. The van der Waals surface area contributed by atoms with Crippen LogP contribution in [0.5, 0.6) is 0 Å². The number of hydrogen-bond acceptors (Lipinski definition) is 20. The Morgan fingerprint density at radius 1 is 0.722 bits per heavy atom. The minimum atomic E-state index is -1.89. The van der Waals surface area contributed by atoms with Crippen molar-refractivity contribution in [1.29, 1.82) is 0 Å². The Morgan fingerprint density at radius 3 is 2.03 bits per heavy atom. The van der Waals surface area contributed by atoms with E-state index in [0.29, 0.717) is 38.0 Å². The van der Waals surface area contributed by atoms with Gasteiger partial charge in [0.05, 0.1) is 25.9 Å². The zero-order chi connectivity index (χ0) is 58.1. The highest BCUT2D eigenvalue weighted by Gasteiger charge is 2.73. The topological polar surface area (TPSA) is 327 Å². The molecule has 8 rings (SSSR count). The van der Waals surface area contributed by atoms with Gasteiger partial charge in [0, 0.05) is 24.3 Å². The molecule has 0 aromatic carbocycles. The van der Waals surface area contributed by atoms with Gasteiger partial charge in [0.25, 0.3) is 0 Å². The number of carbonyl (C=O) groups is 3. The van der Waals surface area contributed by atoms with E-state index < -0.39 is 170 Å². The average molecular weight is 1120 g/mol. The summed E-state index contributed by atoms with van der Waals surface area (Å²) in [5.74, 6) is -2.50. The monoisotopic (exact) mass is 1120 g/mol. The molecule has 5 aliphatic carbocycles. The SMILES string of the molecule is CCC(C)/C=C/C=C/C(=O)O[C@H]1[C@H](OC(C)=O)[C@]2(C(=O)O)CC[C@]3(C)C(=CC[C@@H]4[C@@]5(C)CC[C@H](O[C@@H]6O[C@H](CO)[C@@H](O[C@@H]7OC[C@H](O)[C@H](O)[C@H]7O)[C@H](O)[C@H]6O[C@@H]6O[C@H](CO)[C@@H](O)[C@H](O)[C@H]6O)C(C)(C)[C@@H]5CC[C@]43C)[C@@H]2CC1(C)C. The summed E-state index contributed by atoms with van der Waals surface area (Å²) >= 11 is 0. The Morgan fingerprint density at radius 2 is 1.38 bits per heavy atom. The molecule has 8 aliphatic rings. The second-order valence-corrected chi connectivity index (χ2v) is 26.3. The predicted molar refractivity (Wildman–Crippen MR) is 279 cm³/mol. The van der Waals surface area contributed by atoms with Gasteiger partial charge in [-0.15, -0.1) is 0 Å². The fourth-order valence-corrected chi connectivity index (χ4v) is 16.2. The van der Waals surface area contributed by atoms with E-state index in [0.717, 1.165) is 24.8 Å². The Hall–Kier alpha value is -2.97. The molecule has 79 heavy (non-hydrogen) atoms. The van der Waals surface area contributed by atoms with Crippen molar-refractivity contribution < 1.29 is 103 Å². The van der Waals surface area contributed by atoms with Crippen LogP contribution in [0, 0.1) is 56.2 Å². The third-order valence-corrected chi connectivity index (χ3v) is 21.1. The molecule has 4 saturated carbocycles. The number of carboxylic acid groups (broad SMARTS) is 1. The van der Waals surface area contributed by atoms with E-state index in [1.165, 1.54) is 13.0 Å². The van der Waals surface area contributed by atoms with Crippen LogP contribution in [0.2, 0.25) is 0 Å². The fraction of sp³-hybridized carbons (Fsp3) is 0.845. The van der Waals surface area contributed by atoms with Crippen LogP contribution in [0.4, 0.5) is 0 Å². The lowest BCUT2D eigenvalue weighted by Crippen LogP contribution is -2.70. The summed E-state index contributed by atoms with van der Waals surface area (Å²) in [7, 11) is 0. The number of rotatable bonds is 15. The summed E-state index contributed by atoms with van der Waals surface area (Å²) in [6, 6.07) is 0. The summed E-state index contributed by atoms with van der Waals surface area (Å²) in [4.78, 5) is 40.7. The van der Waals surface area contributed by atoms with E-state index in [9.17, 15) is 65.4 Å². The van der Waals surface area contributed by atoms with Gasteiger partial charge in [-0.2, -0.15) is 0 Å². The number of ether oxygens (including phenoxy) is 8. The predicted octanol–water partition coefficient (Wildman–Crippen LogP) is 2.57. The lowest BCUT2D eigenvalue weighted by atomic mass is 9.33. The maximum atomic E-state index is 14.1. The second kappa shape index (κ2) is 23.2. The molecule has 21 heteroatoms. The third-order valence-electron chi connectivity index (χ3n) is 21.1. The van der Waals surface area contributed by atoms with Crippen LogP contribution >= 0.6 is 0 Å². The van der Waals surface area contributed by atoms with E-state index in [-0.39, 0.29) is 29.1 Å². The van der Waals surface area contributed by atoms with Gasteiger partial charge in [-0.3, -0.25) is 9.59 Å². The highest BCUT2D eigenvalue weighted by molar-refractivity contribution is 5.83. The van der Waals surface area contributed by atoms with E-state index >= 15 is 0 Å². The van der Waals surface area contributed by atoms with Crippen molar-refractivity contribution in [2.75, 3.05) is 19.8 Å². The highest BCUT2D eigenvalue weighted by atomic mass is 16.8. The van der Waals surface area contributed by atoms with Crippen molar-refractivity contribution in [3.8, 4) is 0 Å². The van der Waals surface area contributed by atoms with Crippen LogP contribution in [-0.2, 0) is 52.3 Å². The first-order valence-electron chi connectivity index (χ1n) is 28.5. The van der Waals surface area contributed by atoms with Crippen LogP contribution in [-0.4, -0.2) is 193 Å². The van der Waals surface area contributed by atoms with Gasteiger partial charge in [-0.1, -0.05) is 98.6 Å². The summed E-state index contributed by atoms with van der Waals surface area (Å²) < 4.78 is 49.0. The first kappa shape index (κ1) is 62.1. The largest absolute Gasteiger partial charge is 0.481 e. The maximum absolute atomic E-state index is 14.1. The molecule has 448 valence electrons. The number of carboxylic acids is 1. The van der Waals surface area contributed by atoms with Crippen molar-refractivity contribution in [2.45, 2.75) is 231 Å². The van der Waals surface area contributed by atoms with Crippen molar-refractivity contribution >= 4 is 17.9 Å². The minimum absolute atomic E-state index is 0.0313. The maximum Gasteiger partial charge on any atom is 0.331 e. The Balaban J connectivity index is 1.07. The Labute approximate surface area is 463 Å². The van der Waals surface area contributed by atoms with Crippen LogP contribution in [0.3, 0.4) is 0 Å². The Kier molecular flexibility index (Phi) is 18.3. The van der Waals surface area contributed by atoms with Gasteiger partial charge >= 0.3 is 17.9 Å². The van der Waals surface area contributed by atoms with Gasteiger partial charge in [0.15, 0.2) is 25.0 Å². The van der Waals surface area contributed by atoms with Crippen LogP contribution < -0.4 is 0 Å². The van der Waals surface area contributed by atoms with Crippen molar-refractivity contribution in [3.63, 3.8) is 0 Å². The molecule has 3 aliphatic heterocycles. The normalized spacial score (nSPS) is 47.9. The van der Waals surface area contributed by atoms with Gasteiger partial charge in [0.1, 0.15) is 78.7 Å². The lowest BCUT2D eigenvalue weighted by Gasteiger charge is -2.71. The van der Waals surface area contributed by atoms with Crippen molar-refractivity contribution in [1.82, 2.24) is 0 Å². The number of fused-ring (bicyclic) bond motifs is 7. The molecule has 7 fully saturated rings. The summed E-state index contributed by atoms with van der Waals surface area (Å²) in [6.45, 7) is 18.6. The zero-order valence-corrected chi connectivity index (χ0v) is 47.5. The summed E-state index contributed by atoms with van der Waals surface area (Å²) in [6.07, 6.45) is -11.6. The first-order chi connectivity index (χ1) is 37.0. The van der Waals surface area contributed by atoms with E-state index in [2.05, 4.69) is 54.5 Å². The second-order valence-electron chi connectivity index (χ2n) is 26.3. The molecule has 0 aromatic heterocycles. The molecule has 21 nitrogen and oxygen atoms in total. The number of aliphatic hydroxyl groups is 9. The van der Waals surface area contributed by atoms with Gasteiger partial charge < -0.3 is 89.0 Å². The van der Waals surface area contributed by atoms with Gasteiger partial charge in [0.2, 0.25) is 0 Å². The van der Waals surface area contributed by atoms with Gasteiger partial charge in [-0.05, 0) is 90.8 Å². The highest BCUT2D eigenvalue weighted by Crippen LogP contribution is 2.76. The number of aliphatic carboxylic acids is 1. The smallest absolute Gasteiger partial charge is 0.331 e. The average Bonchev–Trinajstić information content (AvgIpc) is 3.59. The molecule has 0 aromatic rings. The molecule has 1 unspecified atom stereocenters. The number of aliphatic hydroxyl groups excluding tert-OH is 9. The molecular weight excluding hydrogens is 1030 g/mol. The lowest BCUT2D eigenvalue weighted by molar-refractivity contribution is -0.392. The molecule has 3 heterocycles. The number of hydrogen-bond donors (Lipinski definition) is 10. The Bertz CT molecular complexity index is 2290. The van der Waals surface area contributed by atoms with Crippen LogP contribution in [0.1, 0.15) is 127 Å². The van der Waals surface area contributed by atoms with E-state index in [4.69, 9.17) is 37.9 Å². The third kappa shape index (κ3) is 10.7. The number of esters is 2. The van der Waals surface area contributed by atoms with Crippen LogP contribution in [0.15, 0.2) is 36.0 Å². The van der Waals surface area contributed by atoms with E-state index in [1.807, 2.05) is 19.9 Å². The van der Waals surface area contributed by atoms with Crippen molar-refractivity contribution in [2.24, 2.45) is 56.2 Å². The number of carbonyl (C=O) groups excluding carboxylic acids is 2. The molecule has 10 N–H and O–H groups in total. The molecule has 3 saturated heterocycles. The standard InChI is InChI=1S/C58H90O21/c1-11-28(2)14-12-13-15-38(63)77-47-48(73-29(3)61)58(52(70)71)23-22-56(9)30(31(58)24-53(47,4)5)16-17-36-55(8)20-19-37(54(6,7)35(55)18-21-57(36,56)10)76-51-46(79-50-43(68)41(66)40(65)33(25-59)74-50)44(69)45(34(26-60)75-51)78-49-42(67)39(64)32(62)27-72-49/h12-16,28,31-37,39-51,59-60,62,64-69H,11,17-27H2,1-10H3,(H,70,71)/b14-12+,15-13+/t28?,31-,32-,33+,34+,35-,36+,37-,39-,40+,41-,42+,43+,44-,45+,46+,47-,48-,49-,50-,51-,55-,56+,57+,58-/m0/s1. The summed E-state index contributed by atoms with van der Waals surface area (Å²) in [5, 5.41) is 108. The molecule has 0 bridgehead atoms. The molecule has 25 atom stereocenters.